The largest absolute Gasteiger partial charge is 0.446 e. The predicted molar refractivity (Wildman–Crippen MR) is 180 cm³/mol. The molecule has 4 aromatic carbocycles. The van der Waals surface area contributed by atoms with Crippen molar-refractivity contribution in [2.24, 2.45) is 0 Å². The second kappa shape index (κ2) is 14.7. The summed E-state index contributed by atoms with van der Waals surface area (Å²) in [6.45, 7) is 3.76. The highest BCUT2D eigenvalue weighted by atomic mass is 16.6. The molecule has 0 aliphatic carbocycles. The van der Waals surface area contributed by atoms with Crippen LogP contribution in [-0.2, 0) is 22.6 Å². The Labute approximate surface area is 263 Å². The zero-order valence-corrected chi connectivity index (χ0v) is 25.3. The van der Waals surface area contributed by atoms with Crippen LogP contribution in [0.4, 0.5) is 16.2 Å². The van der Waals surface area contributed by atoms with Gasteiger partial charge in [-0.25, -0.2) is 4.79 Å². The van der Waals surface area contributed by atoms with E-state index < -0.39 is 6.09 Å². The van der Waals surface area contributed by atoms with Crippen LogP contribution in [-0.4, -0.2) is 47.6 Å². The van der Waals surface area contributed by atoms with E-state index in [0.717, 1.165) is 67.1 Å². The Morgan fingerprint density at radius 3 is 2.40 bits per heavy atom. The molecule has 230 valence electrons. The number of carbonyl (C=O) groups is 2. The number of amides is 2. The summed E-state index contributed by atoms with van der Waals surface area (Å²) < 4.78 is 5.75. The van der Waals surface area contributed by atoms with Crippen molar-refractivity contribution in [3.05, 3.63) is 120 Å². The third-order valence-corrected chi connectivity index (χ3v) is 8.27. The number of hydrogen-bond acceptors (Lipinski definition) is 5. The lowest BCUT2D eigenvalue weighted by Gasteiger charge is -2.31. The van der Waals surface area contributed by atoms with E-state index in [0.29, 0.717) is 13.0 Å². The van der Waals surface area contributed by atoms with Crippen LogP contribution in [0.25, 0.3) is 22.0 Å². The summed E-state index contributed by atoms with van der Waals surface area (Å²) in [4.78, 5) is 30.9. The SMILES string of the molecule is O=C(CCN1CCC(OC(=O)Nc2ccccc2-c2ccccc2)CC1)Nc1ccc(CNCc2cccc3cc[nH]c23)cc1. The van der Waals surface area contributed by atoms with Gasteiger partial charge in [0.15, 0.2) is 0 Å². The number of nitrogens with zero attached hydrogens (tertiary/aromatic N) is 1. The molecule has 8 heteroatoms. The number of likely N-dealkylation sites (tertiary alicyclic amines) is 1. The zero-order chi connectivity index (χ0) is 30.8. The minimum absolute atomic E-state index is 0.00486. The highest BCUT2D eigenvalue weighted by Crippen LogP contribution is 2.28. The Kier molecular flexibility index (Phi) is 9.84. The Bertz CT molecular complexity index is 1710. The highest BCUT2D eigenvalue weighted by Gasteiger charge is 2.23. The number of piperidine rings is 1. The van der Waals surface area contributed by atoms with Crippen molar-refractivity contribution in [3.63, 3.8) is 0 Å². The summed E-state index contributed by atoms with van der Waals surface area (Å²) in [6, 6.07) is 34.1. The molecule has 2 amide bonds. The number of nitrogens with one attached hydrogen (secondary N) is 4. The van der Waals surface area contributed by atoms with Crippen LogP contribution in [0.2, 0.25) is 0 Å². The van der Waals surface area contributed by atoms with Gasteiger partial charge in [0.2, 0.25) is 5.91 Å². The normalized spacial score (nSPS) is 13.9. The smallest absolute Gasteiger partial charge is 0.411 e. The fourth-order valence-electron chi connectivity index (χ4n) is 5.83. The standard InChI is InChI=1S/C37H39N5O3/c43-35(40-31-15-13-27(14-16-31)25-38-26-30-10-6-9-29-17-21-39-36(29)30)20-24-42-22-18-32(19-23-42)45-37(44)41-34-12-5-4-11-33(34)28-7-2-1-3-8-28/h1-17,21,32,38-39H,18-20,22-26H2,(H,40,43)(H,41,44). The monoisotopic (exact) mass is 601 g/mol. The number of fused-ring (bicyclic) bond motifs is 1. The number of rotatable bonds is 11. The quantitative estimate of drug-likeness (QED) is 0.129. The van der Waals surface area contributed by atoms with Gasteiger partial charge in [-0.05, 0) is 59.2 Å². The molecule has 0 radical (unpaired) electrons. The van der Waals surface area contributed by atoms with Gasteiger partial charge in [0.25, 0.3) is 0 Å². The molecule has 1 saturated heterocycles. The van der Waals surface area contributed by atoms with E-state index in [9.17, 15) is 9.59 Å². The van der Waals surface area contributed by atoms with Gasteiger partial charge in [-0.15, -0.1) is 0 Å². The molecule has 0 unspecified atom stereocenters. The average molecular weight is 602 g/mol. The van der Waals surface area contributed by atoms with Crippen LogP contribution in [0, 0.1) is 0 Å². The topological polar surface area (TPSA) is 98.5 Å². The molecule has 1 aliphatic rings. The fourth-order valence-corrected chi connectivity index (χ4v) is 5.83. The van der Waals surface area contributed by atoms with Crippen molar-refractivity contribution in [1.29, 1.82) is 0 Å². The molecule has 4 N–H and O–H groups in total. The number of ether oxygens (including phenoxy) is 1. The van der Waals surface area contributed by atoms with Gasteiger partial charge in [0.05, 0.1) is 5.69 Å². The van der Waals surface area contributed by atoms with Crippen LogP contribution in [0.1, 0.15) is 30.4 Å². The van der Waals surface area contributed by atoms with Gasteiger partial charge in [-0.2, -0.15) is 0 Å². The van der Waals surface area contributed by atoms with Gasteiger partial charge >= 0.3 is 6.09 Å². The summed E-state index contributed by atoms with van der Waals surface area (Å²) in [5.41, 5.74) is 7.08. The Hall–Kier alpha value is -4.92. The molecule has 1 aliphatic heterocycles. The van der Waals surface area contributed by atoms with Crippen molar-refractivity contribution in [3.8, 4) is 11.1 Å². The van der Waals surface area contributed by atoms with Crippen molar-refractivity contribution in [1.82, 2.24) is 15.2 Å². The fraction of sp³-hybridized carbons (Fsp3) is 0.243. The first-order valence-corrected chi connectivity index (χ1v) is 15.6. The number of aromatic amines is 1. The summed E-state index contributed by atoms with van der Waals surface area (Å²) in [5, 5.41) is 10.7. The van der Waals surface area contributed by atoms with E-state index in [2.05, 4.69) is 50.1 Å². The van der Waals surface area contributed by atoms with E-state index in [1.807, 2.05) is 85.1 Å². The number of anilines is 2. The lowest BCUT2D eigenvalue weighted by molar-refractivity contribution is -0.116. The van der Waals surface area contributed by atoms with Crippen molar-refractivity contribution >= 4 is 34.3 Å². The number of para-hydroxylation sites is 2. The maximum Gasteiger partial charge on any atom is 0.411 e. The average Bonchev–Trinajstić information content (AvgIpc) is 3.56. The number of carbonyl (C=O) groups excluding carboxylic acids is 2. The van der Waals surface area contributed by atoms with Crippen LogP contribution in [0.15, 0.2) is 109 Å². The van der Waals surface area contributed by atoms with Crippen molar-refractivity contribution in [2.45, 2.75) is 38.5 Å². The second-order valence-electron chi connectivity index (χ2n) is 11.4. The first-order valence-electron chi connectivity index (χ1n) is 15.6. The summed E-state index contributed by atoms with van der Waals surface area (Å²) in [7, 11) is 0. The van der Waals surface area contributed by atoms with E-state index in [4.69, 9.17) is 4.74 Å². The molecular weight excluding hydrogens is 562 g/mol. The maximum absolute atomic E-state index is 12.7. The van der Waals surface area contributed by atoms with Gasteiger partial charge in [-0.1, -0.05) is 78.9 Å². The highest BCUT2D eigenvalue weighted by molar-refractivity contribution is 5.92. The molecule has 5 aromatic rings. The van der Waals surface area contributed by atoms with Gasteiger partial charge in [-0.3, -0.25) is 10.1 Å². The van der Waals surface area contributed by atoms with E-state index >= 15 is 0 Å². The molecule has 0 bridgehead atoms. The molecule has 0 spiro atoms. The zero-order valence-electron chi connectivity index (χ0n) is 25.3. The predicted octanol–water partition coefficient (Wildman–Crippen LogP) is 7.17. The number of aromatic nitrogens is 1. The molecule has 6 rings (SSSR count). The molecule has 45 heavy (non-hydrogen) atoms. The number of hydrogen-bond donors (Lipinski definition) is 4. The summed E-state index contributed by atoms with van der Waals surface area (Å²) in [6.07, 6.45) is 3.28. The second-order valence-corrected chi connectivity index (χ2v) is 11.4. The molecule has 1 fully saturated rings. The van der Waals surface area contributed by atoms with Gasteiger partial charge in [0, 0.05) is 62.1 Å². The summed E-state index contributed by atoms with van der Waals surface area (Å²) in [5.74, 6) is -0.00486. The molecule has 0 atom stereocenters. The Balaban J connectivity index is 0.882. The van der Waals surface area contributed by atoms with Gasteiger partial charge in [0.1, 0.15) is 6.10 Å². The van der Waals surface area contributed by atoms with Crippen LogP contribution < -0.4 is 16.0 Å². The van der Waals surface area contributed by atoms with Crippen molar-refractivity contribution in [2.75, 3.05) is 30.3 Å². The van der Waals surface area contributed by atoms with Crippen molar-refractivity contribution < 1.29 is 14.3 Å². The molecule has 2 heterocycles. The lowest BCUT2D eigenvalue weighted by Crippen LogP contribution is -2.39. The third-order valence-electron chi connectivity index (χ3n) is 8.27. The first-order chi connectivity index (χ1) is 22.1. The van der Waals surface area contributed by atoms with E-state index in [1.54, 1.807) is 0 Å². The van der Waals surface area contributed by atoms with Crippen LogP contribution in [0.5, 0.6) is 0 Å². The van der Waals surface area contributed by atoms with Crippen LogP contribution in [0.3, 0.4) is 0 Å². The minimum atomic E-state index is -0.438. The maximum atomic E-state index is 12.7. The molecule has 0 saturated carbocycles. The Morgan fingerprint density at radius 2 is 1.58 bits per heavy atom. The van der Waals surface area contributed by atoms with Gasteiger partial charge < -0.3 is 25.3 Å². The lowest BCUT2D eigenvalue weighted by atomic mass is 10.0. The molecular formula is C37H39N5O3. The molecule has 1 aromatic heterocycles. The van der Waals surface area contributed by atoms with E-state index in [1.165, 1.54) is 16.5 Å². The third kappa shape index (κ3) is 8.17. The van der Waals surface area contributed by atoms with Crippen LogP contribution >= 0.6 is 0 Å². The number of benzene rings is 4. The first kappa shape index (κ1) is 30.1. The van der Waals surface area contributed by atoms with E-state index in [-0.39, 0.29) is 12.0 Å². The number of H-pyrrole nitrogens is 1. The Morgan fingerprint density at radius 1 is 0.800 bits per heavy atom. The minimum Gasteiger partial charge on any atom is -0.446 e. The summed E-state index contributed by atoms with van der Waals surface area (Å²) >= 11 is 0. The molecule has 8 nitrogen and oxygen atoms in total.